The average Bonchev–Trinajstić information content (AvgIpc) is 3.15. The van der Waals surface area contributed by atoms with E-state index in [1.165, 1.54) is 11.8 Å². The van der Waals surface area contributed by atoms with Crippen LogP contribution < -0.4 is 0 Å². The fraction of sp³-hybridized carbons (Fsp3) is 0.250. The molecule has 3 rings (SSSR count). The topological polar surface area (TPSA) is 82.5 Å². The van der Waals surface area contributed by atoms with Crippen LogP contribution in [-0.4, -0.2) is 30.4 Å². The van der Waals surface area contributed by atoms with Crippen LogP contribution in [0.2, 0.25) is 5.02 Å². The molecule has 0 aliphatic heterocycles. The van der Waals surface area contributed by atoms with Crippen molar-refractivity contribution in [2.45, 2.75) is 24.3 Å². The third-order valence-corrected chi connectivity index (χ3v) is 3.80. The first-order chi connectivity index (χ1) is 10.3. The molecule has 0 fully saturated rings. The first kappa shape index (κ1) is 14.0. The van der Waals surface area contributed by atoms with Gasteiger partial charge in [0.2, 0.25) is 16.9 Å². The van der Waals surface area contributed by atoms with Gasteiger partial charge in [-0.25, -0.2) is 0 Å². The van der Waals surface area contributed by atoms with Crippen LogP contribution >= 0.6 is 23.4 Å². The Morgan fingerprint density at radius 1 is 1.14 bits per heavy atom. The van der Waals surface area contributed by atoms with E-state index in [4.69, 9.17) is 16.0 Å². The van der Waals surface area contributed by atoms with Crippen LogP contribution in [0.4, 0.5) is 0 Å². The van der Waals surface area contributed by atoms with Crippen molar-refractivity contribution in [2.75, 3.05) is 0 Å². The predicted molar refractivity (Wildman–Crippen MR) is 77.4 cm³/mol. The maximum Gasteiger partial charge on any atom is 0.226 e. The van der Waals surface area contributed by atoms with Gasteiger partial charge in [0.25, 0.3) is 0 Å². The zero-order valence-corrected chi connectivity index (χ0v) is 12.7. The fourth-order valence-electron chi connectivity index (χ4n) is 1.63. The maximum absolute atomic E-state index is 5.88. The Morgan fingerprint density at radius 3 is 2.62 bits per heavy atom. The second-order valence-electron chi connectivity index (χ2n) is 4.08. The summed E-state index contributed by atoms with van der Waals surface area (Å²) in [6.07, 6.45) is 0.722. The first-order valence-electron chi connectivity index (χ1n) is 6.24. The number of nitrogens with zero attached hydrogens (tertiary/aromatic N) is 6. The van der Waals surface area contributed by atoms with Crippen LogP contribution in [0.1, 0.15) is 18.7 Å². The Hall–Kier alpha value is -1.93. The van der Waals surface area contributed by atoms with E-state index < -0.39 is 0 Å². The van der Waals surface area contributed by atoms with Crippen molar-refractivity contribution < 1.29 is 4.42 Å². The average molecular weight is 323 g/mol. The molecular formula is C12H11ClN6OS. The lowest BCUT2D eigenvalue weighted by atomic mass is 10.3. The Balaban J connectivity index is 1.74. The van der Waals surface area contributed by atoms with E-state index in [1.54, 1.807) is 16.8 Å². The SMILES string of the molecule is CCc1nnc(CSc2nnnn2-c2ccc(Cl)cc2)o1. The van der Waals surface area contributed by atoms with E-state index in [-0.39, 0.29) is 0 Å². The molecule has 2 heterocycles. The zero-order valence-electron chi connectivity index (χ0n) is 11.1. The molecule has 0 saturated heterocycles. The lowest BCUT2D eigenvalue weighted by Gasteiger charge is -2.02. The third-order valence-electron chi connectivity index (χ3n) is 2.65. The van der Waals surface area contributed by atoms with E-state index >= 15 is 0 Å². The largest absolute Gasteiger partial charge is 0.424 e. The highest BCUT2D eigenvalue weighted by molar-refractivity contribution is 7.98. The van der Waals surface area contributed by atoms with E-state index in [1.807, 2.05) is 19.1 Å². The summed E-state index contributed by atoms with van der Waals surface area (Å²) >= 11 is 7.30. The lowest BCUT2D eigenvalue weighted by Crippen LogP contribution is -1.98. The Morgan fingerprint density at radius 2 is 1.90 bits per heavy atom. The van der Waals surface area contributed by atoms with E-state index in [0.717, 1.165) is 12.1 Å². The van der Waals surface area contributed by atoms with Crippen molar-refractivity contribution in [3.8, 4) is 5.69 Å². The molecule has 0 aliphatic carbocycles. The molecule has 108 valence electrons. The summed E-state index contributed by atoms with van der Waals surface area (Å²) in [5.41, 5.74) is 0.840. The van der Waals surface area contributed by atoms with E-state index in [9.17, 15) is 0 Å². The second-order valence-corrected chi connectivity index (χ2v) is 5.46. The molecule has 0 atom stereocenters. The number of benzene rings is 1. The highest BCUT2D eigenvalue weighted by atomic mass is 35.5. The molecule has 2 aromatic heterocycles. The number of rotatable bonds is 5. The van der Waals surface area contributed by atoms with Crippen molar-refractivity contribution in [1.29, 1.82) is 0 Å². The quantitative estimate of drug-likeness (QED) is 0.667. The molecule has 21 heavy (non-hydrogen) atoms. The predicted octanol–water partition coefficient (Wildman–Crippen LogP) is 2.55. The highest BCUT2D eigenvalue weighted by Crippen LogP contribution is 2.22. The molecule has 9 heteroatoms. The minimum Gasteiger partial charge on any atom is -0.424 e. The number of aryl methyl sites for hydroxylation is 1. The van der Waals surface area contributed by atoms with Crippen LogP contribution in [0.3, 0.4) is 0 Å². The molecule has 0 N–H and O–H groups in total. The van der Waals surface area contributed by atoms with Crippen molar-refractivity contribution >= 4 is 23.4 Å². The van der Waals surface area contributed by atoms with Gasteiger partial charge >= 0.3 is 0 Å². The summed E-state index contributed by atoms with van der Waals surface area (Å²) in [4.78, 5) is 0. The summed E-state index contributed by atoms with van der Waals surface area (Å²) in [5.74, 6) is 1.70. The van der Waals surface area contributed by atoms with Gasteiger partial charge in [0, 0.05) is 11.4 Å². The van der Waals surface area contributed by atoms with Gasteiger partial charge in [0.1, 0.15) is 0 Å². The molecule has 0 bridgehead atoms. The summed E-state index contributed by atoms with van der Waals surface area (Å²) in [6.45, 7) is 1.96. The Bertz CT molecular complexity index is 725. The summed E-state index contributed by atoms with van der Waals surface area (Å²) in [6, 6.07) is 7.28. The summed E-state index contributed by atoms with van der Waals surface area (Å²) < 4.78 is 7.09. The Labute approximate surface area is 129 Å². The van der Waals surface area contributed by atoms with Crippen LogP contribution in [0.15, 0.2) is 33.8 Å². The molecular weight excluding hydrogens is 312 g/mol. The number of hydrogen-bond acceptors (Lipinski definition) is 7. The summed E-state index contributed by atoms with van der Waals surface area (Å²) in [5, 5.41) is 20.9. The summed E-state index contributed by atoms with van der Waals surface area (Å²) in [7, 11) is 0. The zero-order chi connectivity index (χ0) is 14.7. The normalized spacial score (nSPS) is 11.0. The first-order valence-corrected chi connectivity index (χ1v) is 7.61. The third kappa shape index (κ3) is 3.22. The van der Waals surface area contributed by atoms with Crippen LogP contribution in [-0.2, 0) is 12.2 Å². The number of thioether (sulfide) groups is 1. The van der Waals surface area contributed by atoms with Gasteiger partial charge < -0.3 is 4.42 Å². The van der Waals surface area contributed by atoms with Gasteiger partial charge in [-0.3, -0.25) is 0 Å². The van der Waals surface area contributed by atoms with Crippen molar-refractivity contribution in [3.05, 3.63) is 41.1 Å². The number of hydrogen-bond donors (Lipinski definition) is 0. The second kappa shape index (κ2) is 6.23. The number of aromatic nitrogens is 6. The molecule has 3 aromatic rings. The van der Waals surface area contributed by atoms with Gasteiger partial charge in [-0.15, -0.1) is 15.3 Å². The van der Waals surface area contributed by atoms with E-state index in [2.05, 4.69) is 25.7 Å². The van der Waals surface area contributed by atoms with Crippen molar-refractivity contribution in [2.24, 2.45) is 0 Å². The monoisotopic (exact) mass is 322 g/mol. The van der Waals surface area contributed by atoms with E-state index in [0.29, 0.717) is 27.7 Å². The van der Waals surface area contributed by atoms with Crippen molar-refractivity contribution in [1.82, 2.24) is 30.4 Å². The van der Waals surface area contributed by atoms with Crippen LogP contribution in [0.5, 0.6) is 0 Å². The molecule has 0 amide bonds. The molecule has 0 aliphatic rings. The van der Waals surface area contributed by atoms with Crippen LogP contribution in [0.25, 0.3) is 5.69 Å². The van der Waals surface area contributed by atoms with Gasteiger partial charge in [-0.2, -0.15) is 4.68 Å². The number of tetrazole rings is 1. The van der Waals surface area contributed by atoms with Gasteiger partial charge in [-0.05, 0) is 34.7 Å². The standard InChI is InChI=1S/C12H11ClN6OS/c1-2-10-14-15-11(20-10)7-21-12-16-17-18-19(12)9-5-3-8(13)4-6-9/h3-6H,2,7H2,1H3. The van der Waals surface area contributed by atoms with Gasteiger partial charge in [-0.1, -0.05) is 30.3 Å². The van der Waals surface area contributed by atoms with Gasteiger partial charge in [0.05, 0.1) is 11.4 Å². The highest BCUT2D eigenvalue weighted by Gasteiger charge is 2.12. The lowest BCUT2D eigenvalue weighted by molar-refractivity contribution is 0.469. The molecule has 0 saturated carbocycles. The minimum atomic E-state index is 0.515. The molecule has 0 spiro atoms. The molecule has 1 aromatic carbocycles. The fourth-order valence-corrected chi connectivity index (χ4v) is 2.48. The minimum absolute atomic E-state index is 0.515. The van der Waals surface area contributed by atoms with Crippen molar-refractivity contribution in [3.63, 3.8) is 0 Å². The molecule has 7 nitrogen and oxygen atoms in total. The van der Waals surface area contributed by atoms with Gasteiger partial charge in [0.15, 0.2) is 0 Å². The molecule has 0 radical (unpaired) electrons. The molecule has 0 unspecified atom stereocenters. The Kier molecular flexibility index (Phi) is 4.16. The smallest absolute Gasteiger partial charge is 0.226 e. The number of halogens is 1. The van der Waals surface area contributed by atoms with Crippen LogP contribution in [0, 0.1) is 0 Å². The maximum atomic E-state index is 5.88.